The standard InChI is InChI=1S/C16H24N4O2S.2ClH/c1-11(2)8-12(9-17)19-15(21)14-5-4-13(22-14)10-23-16-18-6-7-20(16)3;;/h4-7,11-12H,8-10,17H2,1-3H3,(H,19,21);2*1H. The van der Waals surface area contributed by atoms with Crippen molar-refractivity contribution in [3.8, 4) is 0 Å². The second kappa shape index (κ2) is 11.5. The molecule has 0 aliphatic rings. The minimum atomic E-state index is -0.214. The molecular formula is C16H26Cl2N4O2S. The molecule has 3 N–H and O–H groups in total. The number of halogens is 2. The summed E-state index contributed by atoms with van der Waals surface area (Å²) >= 11 is 1.57. The molecule has 0 spiro atoms. The zero-order valence-electron chi connectivity index (χ0n) is 14.6. The Bertz CT molecular complexity index is 646. The van der Waals surface area contributed by atoms with Gasteiger partial charge in [0, 0.05) is 32.0 Å². The minimum absolute atomic E-state index is 0. The number of furan rings is 1. The molecule has 2 aromatic heterocycles. The van der Waals surface area contributed by atoms with Gasteiger partial charge in [0.15, 0.2) is 10.9 Å². The average Bonchev–Trinajstić information content (AvgIpc) is 3.12. The molecule has 0 aliphatic heterocycles. The molecule has 2 rings (SSSR count). The first kappa shape index (κ1) is 23.9. The normalized spacial score (nSPS) is 11.6. The fourth-order valence-corrected chi connectivity index (χ4v) is 3.07. The zero-order chi connectivity index (χ0) is 16.8. The predicted molar refractivity (Wildman–Crippen MR) is 106 cm³/mol. The van der Waals surface area contributed by atoms with Gasteiger partial charge in [-0.1, -0.05) is 25.6 Å². The monoisotopic (exact) mass is 408 g/mol. The van der Waals surface area contributed by atoms with Crippen LogP contribution < -0.4 is 11.1 Å². The van der Waals surface area contributed by atoms with Gasteiger partial charge in [-0.05, 0) is 24.5 Å². The maximum atomic E-state index is 12.2. The van der Waals surface area contributed by atoms with Gasteiger partial charge >= 0.3 is 0 Å². The Morgan fingerprint density at radius 3 is 2.68 bits per heavy atom. The van der Waals surface area contributed by atoms with Gasteiger partial charge in [0.25, 0.3) is 5.91 Å². The number of carbonyl (C=O) groups is 1. The Balaban J connectivity index is 0.00000288. The van der Waals surface area contributed by atoms with Crippen LogP contribution in [0.3, 0.4) is 0 Å². The van der Waals surface area contributed by atoms with Gasteiger partial charge in [-0.25, -0.2) is 4.98 Å². The van der Waals surface area contributed by atoms with E-state index < -0.39 is 0 Å². The molecule has 0 aliphatic carbocycles. The lowest BCUT2D eigenvalue weighted by Gasteiger charge is -2.17. The van der Waals surface area contributed by atoms with Crippen LogP contribution >= 0.6 is 36.6 Å². The largest absolute Gasteiger partial charge is 0.455 e. The second-order valence-corrected chi connectivity index (χ2v) is 6.85. The van der Waals surface area contributed by atoms with Gasteiger partial charge in [-0.2, -0.15) is 0 Å². The molecule has 142 valence electrons. The van der Waals surface area contributed by atoms with E-state index >= 15 is 0 Å². The third-order valence-corrected chi connectivity index (χ3v) is 4.46. The first-order valence-corrected chi connectivity index (χ1v) is 8.68. The van der Waals surface area contributed by atoms with E-state index in [0.717, 1.165) is 17.3 Å². The molecular weight excluding hydrogens is 383 g/mol. The maximum absolute atomic E-state index is 12.2. The van der Waals surface area contributed by atoms with Crippen LogP contribution in [-0.2, 0) is 12.8 Å². The summed E-state index contributed by atoms with van der Waals surface area (Å²) in [6, 6.07) is 3.50. The van der Waals surface area contributed by atoms with Crippen molar-refractivity contribution in [1.29, 1.82) is 0 Å². The summed E-state index contributed by atoms with van der Waals surface area (Å²) in [7, 11) is 1.94. The van der Waals surface area contributed by atoms with Crippen LogP contribution in [0.4, 0.5) is 0 Å². The number of hydrogen-bond donors (Lipinski definition) is 2. The number of amides is 1. The van der Waals surface area contributed by atoms with Crippen LogP contribution in [0.25, 0.3) is 0 Å². The Morgan fingerprint density at radius 1 is 1.40 bits per heavy atom. The molecule has 0 aromatic carbocycles. The van der Waals surface area contributed by atoms with Crippen LogP contribution in [0.5, 0.6) is 0 Å². The minimum Gasteiger partial charge on any atom is -0.455 e. The smallest absolute Gasteiger partial charge is 0.287 e. The van der Waals surface area contributed by atoms with Crippen molar-refractivity contribution in [3.05, 3.63) is 36.0 Å². The van der Waals surface area contributed by atoms with E-state index in [-0.39, 0.29) is 36.8 Å². The van der Waals surface area contributed by atoms with Crippen LogP contribution in [0.15, 0.2) is 34.1 Å². The summed E-state index contributed by atoms with van der Waals surface area (Å²) in [6.45, 7) is 4.63. The quantitative estimate of drug-likeness (QED) is 0.654. The molecule has 0 bridgehead atoms. The van der Waals surface area contributed by atoms with Gasteiger partial charge < -0.3 is 20.0 Å². The van der Waals surface area contributed by atoms with Crippen molar-refractivity contribution in [2.24, 2.45) is 18.7 Å². The van der Waals surface area contributed by atoms with E-state index in [1.54, 1.807) is 24.0 Å². The van der Waals surface area contributed by atoms with Crippen molar-refractivity contribution < 1.29 is 9.21 Å². The number of nitrogens with two attached hydrogens (primary N) is 1. The van der Waals surface area contributed by atoms with Crippen molar-refractivity contribution in [2.45, 2.75) is 37.2 Å². The van der Waals surface area contributed by atoms with E-state index in [1.165, 1.54) is 0 Å². The number of aryl methyl sites for hydroxylation is 1. The van der Waals surface area contributed by atoms with Gasteiger partial charge in [0.2, 0.25) is 0 Å². The van der Waals surface area contributed by atoms with E-state index in [4.69, 9.17) is 10.2 Å². The number of rotatable bonds is 8. The number of nitrogens with one attached hydrogen (secondary N) is 1. The molecule has 0 radical (unpaired) electrons. The highest BCUT2D eigenvalue weighted by atomic mass is 35.5. The summed E-state index contributed by atoms with van der Waals surface area (Å²) in [5.41, 5.74) is 5.71. The molecule has 2 aromatic rings. The van der Waals surface area contributed by atoms with E-state index in [9.17, 15) is 4.79 Å². The van der Waals surface area contributed by atoms with Crippen LogP contribution in [0.2, 0.25) is 0 Å². The number of imidazole rings is 1. The number of thioether (sulfide) groups is 1. The number of hydrogen-bond acceptors (Lipinski definition) is 5. The number of nitrogens with zero attached hydrogens (tertiary/aromatic N) is 2. The first-order chi connectivity index (χ1) is 11.0. The molecule has 1 atom stereocenters. The molecule has 1 unspecified atom stereocenters. The lowest BCUT2D eigenvalue weighted by atomic mass is 10.0. The van der Waals surface area contributed by atoms with Crippen molar-refractivity contribution >= 4 is 42.5 Å². The Morgan fingerprint density at radius 2 is 2.12 bits per heavy atom. The average molecular weight is 409 g/mol. The summed E-state index contributed by atoms with van der Waals surface area (Å²) in [5, 5.41) is 3.84. The molecule has 6 nitrogen and oxygen atoms in total. The van der Waals surface area contributed by atoms with Crippen LogP contribution in [0, 0.1) is 5.92 Å². The third kappa shape index (κ3) is 7.32. The maximum Gasteiger partial charge on any atom is 0.287 e. The van der Waals surface area contributed by atoms with Crippen molar-refractivity contribution in [1.82, 2.24) is 14.9 Å². The van der Waals surface area contributed by atoms with Gasteiger partial charge in [0.05, 0.1) is 5.75 Å². The molecule has 0 saturated carbocycles. The highest BCUT2D eigenvalue weighted by molar-refractivity contribution is 7.98. The Labute approximate surface area is 165 Å². The number of aromatic nitrogens is 2. The van der Waals surface area contributed by atoms with E-state index in [1.807, 2.05) is 23.9 Å². The van der Waals surface area contributed by atoms with Crippen molar-refractivity contribution in [3.63, 3.8) is 0 Å². The lowest BCUT2D eigenvalue weighted by molar-refractivity contribution is 0.0904. The summed E-state index contributed by atoms with van der Waals surface area (Å²) < 4.78 is 7.57. The van der Waals surface area contributed by atoms with E-state index in [0.29, 0.717) is 24.0 Å². The predicted octanol–water partition coefficient (Wildman–Crippen LogP) is 3.25. The highest BCUT2D eigenvalue weighted by Crippen LogP contribution is 2.22. The fraction of sp³-hybridized carbons (Fsp3) is 0.500. The Hall–Kier alpha value is -1.15. The molecule has 0 saturated heterocycles. The van der Waals surface area contributed by atoms with Crippen molar-refractivity contribution in [2.75, 3.05) is 6.54 Å². The first-order valence-electron chi connectivity index (χ1n) is 7.69. The topological polar surface area (TPSA) is 86.1 Å². The van der Waals surface area contributed by atoms with Gasteiger partial charge in [0.1, 0.15) is 5.76 Å². The van der Waals surface area contributed by atoms with Crippen LogP contribution in [-0.4, -0.2) is 28.0 Å². The van der Waals surface area contributed by atoms with Crippen LogP contribution in [0.1, 0.15) is 36.6 Å². The number of carbonyl (C=O) groups excluding carboxylic acids is 1. The summed E-state index contributed by atoms with van der Waals surface area (Å²) in [5.74, 6) is 1.96. The molecule has 9 heteroatoms. The molecule has 0 fully saturated rings. The molecule has 1 amide bonds. The van der Waals surface area contributed by atoms with E-state index in [2.05, 4.69) is 24.1 Å². The Kier molecular flexibility index (Phi) is 10.9. The van der Waals surface area contributed by atoms with Gasteiger partial charge in [-0.3, -0.25) is 4.79 Å². The SMILES string of the molecule is CC(C)CC(CN)NC(=O)c1ccc(CSc2nccn2C)o1.Cl.Cl. The third-order valence-electron chi connectivity index (χ3n) is 3.38. The van der Waals surface area contributed by atoms with Gasteiger partial charge in [-0.15, -0.1) is 24.8 Å². The highest BCUT2D eigenvalue weighted by Gasteiger charge is 2.17. The summed E-state index contributed by atoms with van der Waals surface area (Å²) in [4.78, 5) is 16.5. The second-order valence-electron chi connectivity index (χ2n) is 5.91. The summed E-state index contributed by atoms with van der Waals surface area (Å²) in [6.07, 6.45) is 4.50. The molecule has 25 heavy (non-hydrogen) atoms. The fourth-order valence-electron chi connectivity index (χ4n) is 2.24. The zero-order valence-corrected chi connectivity index (χ0v) is 17.0. The lowest BCUT2D eigenvalue weighted by Crippen LogP contribution is -2.40. The molecule has 2 heterocycles.